The van der Waals surface area contributed by atoms with Crippen LogP contribution in [0, 0.1) is 0 Å². The standard InChI is InChI=1S/C19H28N6O3/c1-23-8-9-25(19(23)27)13-17(26)21-15-3-7-24(12-15)18-20-6-2-16(22-18)14-4-10-28-11-5-14/h2,6,14-15H,3-5,7-13H2,1H3,(H,21,26). The molecule has 9 heteroatoms. The molecule has 3 fully saturated rings. The molecule has 0 bridgehead atoms. The number of hydrogen-bond donors (Lipinski definition) is 1. The van der Waals surface area contributed by atoms with Crippen LogP contribution in [0.2, 0.25) is 0 Å². The van der Waals surface area contributed by atoms with E-state index in [1.807, 2.05) is 12.3 Å². The molecule has 0 spiro atoms. The molecule has 4 rings (SSSR count). The van der Waals surface area contributed by atoms with Crippen molar-refractivity contribution in [2.75, 3.05) is 57.9 Å². The van der Waals surface area contributed by atoms with Crippen LogP contribution >= 0.6 is 0 Å². The molecule has 1 aromatic rings. The van der Waals surface area contributed by atoms with Crippen molar-refractivity contribution in [3.05, 3.63) is 18.0 Å². The topological polar surface area (TPSA) is 90.9 Å². The molecule has 9 nitrogen and oxygen atoms in total. The van der Waals surface area contributed by atoms with Crippen LogP contribution in [0.3, 0.4) is 0 Å². The highest BCUT2D eigenvalue weighted by molar-refractivity contribution is 5.85. The van der Waals surface area contributed by atoms with Gasteiger partial charge < -0.3 is 24.8 Å². The van der Waals surface area contributed by atoms with Crippen molar-refractivity contribution in [3.63, 3.8) is 0 Å². The second kappa shape index (κ2) is 8.30. The molecule has 0 aliphatic carbocycles. The number of carbonyl (C=O) groups excluding carboxylic acids is 2. The molecule has 28 heavy (non-hydrogen) atoms. The van der Waals surface area contributed by atoms with E-state index in [1.54, 1.807) is 16.8 Å². The summed E-state index contributed by atoms with van der Waals surface area (Å²) in [7, 11) is 1.75. The number of carbonyl (C=O) groups is 2. The first-order valence-corrected chi connectivity index (χ1v) is 10.0. The molecular weight excluding hydrogens is 360 g/mol. The fourth-order valence-corrected chi connectivity index (χ4v) is 4.09. The van der Waals surface area contributed by atoms with Gasteiger partial charge in [-0.3, -0.25) is 4.79 Å². The smallest absolute Gasteiger partial charge is 0.320 e. The number of nitrogens with one attached hydrogen (secondary N) is 1. The minimum atomic E-state index is -0.104. The lowest BCUT2D eigenvalue weighted by atomic mass is 9.96. The summed E-state index contributed by atoms with van der Waals surface area (Å²) in [6.45, 7) is 4.48. The number of hydrogen-bond acceptors (Lipinski definition) is 6. The number of aromatic nitrogens is 2. The summed E-state index contributed by atoms with van der Waals surface area (Å²) in [6.07, 6.45) is 4.68. The number of urea groups is 1. The Morgan fingerprint density at radius 1 is 1.25 bits per heavy atom. The summed E-state index contributed by atoms with van der Waals surface area (Å²) in [5, 5.41) is 3.05. The summed E-state index contributed by atoms with van der Waals surface area (Å²) in [5.74, 6) is 1.06. The van der Waals surface area contributed by atoms with Gasteiger partial charge in [0.1, 0.15) is 6.54 Å². The van der Waals surface area contributed by atoms with Crippen molar-refractivity contribution < 1.29 is 14.3 Å². The van der Waals surface area contributed by atoms with Crippen LogP contribution in [0.5, 0.6) is 0 Å². The minimum Gasteiger partial charge on any atom is -0.381 e. The largest absolute Gasteiger partial charge is 0.381 e. The summed E-state index contributed by atoms with van der Waals surface area (Å²) in [4.78, 5) is 38.8. The maximum Gasteiger partial charge on any atom is 0.320 e. The summed E-state index contributed by atoms with van der Waals surface area (Å²) >= 11 is 0. The molecule has 3 amide bonds. The lowest BCUT2D eigenvalue weighted by Crippen LogP contribution is -2.44. The monoisotopic (exact) mass is 388 g/mol. The molecule has 1 N–H and O–H groups in total. The van der Waals surface area contributed by atoms with Crippen LogP contribution < -0.4 is 10.2 Å². The van der Waals surface area contributed by atoms with Crippen LogP contribution in [0.25, 0.3) is 0 Å². The van der Waals surface area contributed by atoms with Gasteiger partial charge in [0.2, 0.25) is 11.9 Å². The molecule has 3 saturated heterocycles. The Hall–Kier alpha value is -2.42. The fourth-order valence-electron chi connectivity index (χ4n) is 4.09. The molecule has 1 aromatic heterocycles. The second-order valence-electron chi connectivity index (χ2n) is 7.79. The average molecular weight is 388 g/mol. The van der Waals surface area contributed by atoms with E-state index in [0.717, 1.165) is 50.7 Å². The Labute approximate surface area is 165 Å². The maximum atomic E-state index is 12.3. The first-order valence-electron chi connectivity index (χ1n) is 10.0. The van der Waals surface area contributed by atoms with Gasteiger partial charge in [-0.25, -0.2) is 14.8 Å². The van der Waals surface area contributed by atoms with E-state index in [-0.39, 0.29) is 24.5 Å². The van der Waals surface area contributed by atoms with Crippen molar-refractivity contribution in [2.45, 2.75) is 31.2 Å². The number of rotatable bonds is 5. The van der Waals surface area contributed by atoms with Gasteiger partial charge in [-0.05, 0) is 25.3 Å². The molecule has 3 aliphatic heterocycles. The predicted octanol–water partition coefficient (Wildman–Crippen LogP) is 0.433. The van der Waals surface area contributed by atoms with Gasteiger partial charge in [0.05, 0.1) is 0 Å². The van der Waals surface area contributed by atoms with E-state index in [4.69, 9.17) is 9.72 Å². The van der Waals surface area contributed by atoms with Crippen molar-refractivity contribution in [3.8, 4) is 0 Å². The number of nitrogens with zero attached hydrogens (tertiary/aromatic N) is 5. The first-order chi connectivity index (χ1) is 13.6. The average Bonchev–Trinajstić information content (AvgIpc) is 3.31. The highest BCUT2D eigenvalue weighted by Crippen LogP contribution is 2.26. The van der Waals surface area contributed by atoms with Crippen LogP contribution in [0.1, 0.15) is 30.9 Å². The number of ether oxygens (including phenoxy) is 1. The molecule has 152 valence electrons. The Morgan fingerprint density at radius 2 is 2.07 bits per heavy atom. The second-order valence-corrected chi connectivity index (χ2v) is 7.79. The van der Waals surface area contributed by atoms with E-state index >= 15 is 0 Å². The zero-order chi connectivity index (χ0) is 19.5. The normalized spacial score (nSPS) is 23.5. The Kier molecular flexibility index (Phi) is 5.61. The van der Waals surface area contributed by atoms with E-state index in [2.05, 4.69) is 15.2 Å². The summed E-state index contributed by atoms with van der Waals surface area (Å²) < 4.78 is 5.44. The molecule has 4 heterocycles. The van der Waals surface area contributed by atoms with E-state index in [1.165, 1.54) is 0 Å². The maximum absolute atomic E-state index is 12.3. The summed E-state index contributed by atoms with van der Waals surface area (Å²) in [5.41, 5.74) is 1.08. The third-order valence-electron chi connectivity index (χ3n) is 5.78. The number of likely N-dealkylation sites (N-methyl/N-ethyl adjacent to an activating group) is 1. The van der Waals surface area contributed by atoms with E-state index in [0.29, 0.717) is 25.6 Å². The van der Waals surface area contributed by atoms with Crippen molar-refractivity contribution in [2.24, 2.45) is 0 Å². The molecular formula is C19H28N6O3. The van der Waals surface area contributed by atoms with Crippen molar-refractivity contribution in [1.29, 1.82) is 0 Å². The third-order valence-corrected chi connectivity index (χ3v) is 5.78. The Morgan fingerprint density at radius 3 is 2.82 bits per heavy atom. The van der Waals surface area contributed by atoms with Gasteiger partial charge >= 0.3 is 6.03 Å². The van der Waals surface area contributed by atoms with Crippen LogP contribution in [0.4, 0.5) is 10.7 Å². The van der Waals surface area contributed by atoms with Crippen LogP contribution in [-0.2, 0) is 9.53 Å². The molecule has 0 saturated carbocycles. The minimum absolute atomic E-state index is 0.0540. The zero-order valence-electron chi connectivity index (χ0n) is 16.3. The highest BCUT2D eigenvalue weighted by atomic mass is 16.5. The number of amides is 3. The first kappa shape index (κ1) is 18.9. The fraction of sp³-hybridized carbons (Fsp3) is 0.684. The van der Waals surface area contributed by atoms with Gasteiger partial charge in [-0.15, -0.1) is 0 Å². The SMILES string of the molecule is CN1CCN(CC(=O)NC2CCN(c3nccc(C4CCOCC4)n3)C2)C1=O. The zero-order valence-corrected chi connectivity index (χ0v) is 16.3. The van der Waals surface area contributed by atoms with Gasteiger partial charge in [-0.2, -0.15) is 0 Å². The van der Waals surface area contributed by atoms with Gasteiger partial charge in [-0.1, -0.05) is 0 Å². The van der Waals surface area contributed by atoms with E-state index < -0.39 is 0 Å². The highest BCUT2D eigenvalue weighted by Gasteiger charge is 2.30. The molecule has 0 radical (unpaired) electrons. The van der Waals surface area contributed by atoms with Gasteiger partial charge in [0, 0.05) is 70.3 Å². The molecule has 1 unspecified atom stereocenters. The third kappa shape index (κ3) is 4.19. The lowest BCUT2D eigenvalue weighted by Gasteiger charge is -2.23. The predicted molar refractivity (Wildman–Crippen MR) is 103 cm³/mol. The Balaban J connectivity index is 1.30. The van der Waals surface area contributed by atoms with Gasteiger partial charge in [0.15, 0.2) is 0 Å². The molecule has 3 aliphatic rings. The lowest BCUT2D eigenvalue weighted by molar-refractivity contribution is -0.122. The molecule has 0 aromatic carbocycles. The van der Waals surface area contributed by atoms with Gasteiger partial charge in [0.25, 0.3) is 0 Å². The number of anilines is 1. The van der Waals surface area contributed by atoms with E-state index in [9.17, 15) is 9.59 Å². The van der Waals surface area contributed by atoms with Crippen LogP contribution in [-0.4, -0.2) is 90.7 Å². The van der Waals surface area contributed by atoms with Crippen LogP contribution in [0.15, 0.2) is 12.3 Å². The van der Waals surface area contributed by atoms with Crippen molar-refractivity contribution >= 4 is 17.9 Å². The summed E-state index contributed by atoms with van der Waals surface area (Å²) in [6, 6.07) is 1.97. The quantitative estimate of drug-likeness (QED) is 0.787. The molecule has 1 atom stereocenters. The van der Waals surface area contributed by atoms with Crippen molar-refractivity contribution in [1.82, 2.24) is 25.1 Å². The Bertz CT molecular complexity index is 723.